The molecule has 0 radical (unpaired) electrons. The SMILES string of the molecule is CCCCCC(CC(=O)NCC(=O)c1ccc(C(OC)OC)c2ccccc12)c1ccccc1. The van der Waals surface area contributed by atoms with Crippen LogP contribution in [-0.4, -0.2) is 32.5 Å². The maximum absolute atomic E-state index is 13.1. The van der Waals surface area contributed by atoms with Gasteiger partial charge in [0.1, 0.15) is 0 Å². The zero-order valence-corrected chi connectivity index (χ0v) is 20.4. The van der Waals surface area contributed by atoms with Crippen molar-refractivity contribution in [3.63, 3.8) is 0 Å². The third kappa shape index (κ3) is 6.52. The molecule has 3 aromatic rings. The fraction of sp³-hybridized carbons (Fsp3) is 0.379. The minimum absolute atomic E-state index is 0.0311. The lowest BCUT2D eigenvalue weighted by molar-refractivity contribution is -0.121. The van der Waals surface area contributed by atoms with E-state index in [0.29, 0.717) is 12.0 Å². The summed E-state index contributed by atoms with van der Waals surface area (Å²) in [4.78, 5) is 25.9. The molecule has 0 spiro atoms. The first-order valence-corrected chi connectivity index (χ1v) is 12.0. The molecular formula is C29H35NO4. The fourth-order valence-corrected chi connectivity index (χ4v) is 4.44. The van der Waals surface area contributed by atoms with Crippen molar-refractivity contribution in [2.24, 2.45) is 0 Å². The van der Waals surface area contributed by atoms with Crippen LogP contribution in [0.2, 0.25) is 0 Å². The maximum Gasteiger partial charge on any atom is 0.220 e. The average molecular weight is 462 g/mol. The second-order valence-electron chi connectivity index (χ2n) is 8.56. The predicted molar refractivity (Wildman–Crippen MR) is 136 cm³/mol. The van der Waals surface area contributed by atoms with Crippen LogP contribution in [0.25, 0.3) is 10.8 Å². The van der Waals surface area contributed by atoms with Crippen molar-refractivity contribution < 1.29 is 19.1 Å². The number of ketones is 1. The van der Waals surface area contributed by atoms with Gasteiger partial charge in [0, 0.05) is 31.8 Å². The van der Waals surface area contributed by atoms with Gasteiger partial charge >= 0.3 is 0 Å². The van der Waals surface area contributed by atoms with Gasteiger partial charge in [-0.1, -0.05) is 92.9 Å². The number of ether oxygens (including phenoxy) is 2. The molecule has 1 amide bonds. The number of methoxy groups -OCH3 is 2. The third-order valence-electron chi connectivity index (χ3n) is 6.25. The summed E-state index contributed by atoms with van der Waals surface area (Å²) < 4.78 is 10.8. The molecule has 0 aliphatic rings. The predicted octanol–water partition coefficient (Wildman–Crippen LogP) is 6.18. The molecule has 3 rings (SSSR count). The molecule has 1 atom stereocenters. The van der Waals surface area contributed by atoms with E-state index in [9.17, 15) is 9.59 Å². The van der Waals surface area contributed by atoms with Gasteiger partial charge in [-0.05, 0) is 28.7 Å². The van der Waals surface area contributed by atoms with Gasteiger partial charge in [-0.2, -0.15) is 0 Å². The van der Waals surface area contributed by atoms with Crippen molar-refractivity contribution in [3.05, 3.63) is 83.4 Å². The summed E-state index contributed by atoms with van der Waals surface area (Å²) >= 11 is 0. The number of hydrogen-bond acceptors (Lipinski definition) is 4. The topological polar surface area (TPSA) is 64.6 Å². The Bertz CT molecular complexity index is 1080. The van der Waals surface area contributed by atoms with E-state index < -0.39 is 6.29 Å². The average Bonchev–Trinajstić information content (AvgIpc) is 2.88. The van der Waals surface area contributed by atoms with Crippen LogP contribution in [0.15, 0.2) is 66.7 Å². The van der Waals surface area contributed by atoms with Gasteiger partial charge in [0.2, 0.25) is 5.91 Å². The molecule has 0 aliphatic heterocycles. The Morgan fingerprint density at radius 2 is 1.53 bits per heavy atom. The van der Waals surface area contributed by atoms with Crippen LogP contribution in [0.1, 0.15) is 72.7 Å². The molecule has 1 N–H and O–H groups in total. The molecule has 0 heterocycles. The number of carbonyl (C=O) groups is 2. The molecule has 0 fully saturated rings. The molecule has 0 aliphatic carbocycles. The van der Waals surface area contributed by atoms with E-state index in [2.05, 4.69) is 24.4 Å². The highest BCUT2D eigenvalue weighted by Gasteiger charge is 2.19. The monoisotopic (exact) mass is 461 g/mol. The molecule has 3 aromatic carbocycles. The van der Waals surface area contributed by atoms with E-state index >= 15 is 0 Å². The molecule has 180 valence electrons. The Morgan fingerprint density at radius 1 is 0.853 bits per heavy atom. The van der Waals surface area contributed by atoms with Gasteiger partial charge in [0.15, 0.2) is 12.1 Å². The van der Waals surface area contributed by atoms with E-state index in [1.807, 2.05) is 48.5 Å². The van der Waals surface area contributed by atoms with Crippen molar-refractivity contribution in [2.45, 2.75) is 51.2 Å². The Kier molecular flexibility index (Phi) is 9.80. The van der Waals surface area contributed by atoms with Crippen LogP contribution in [-0.2, 0) is 14.3 Å². The summed E-state index contributed by atoms with van der Waals surface area (Å²) in [6, 6.07) is 21.5. The normalized spacial score (nSPS) is 12.1. The number of hydrogen-bond donors (Lipinski definition) is 1. The number of rotatable bonds is 13. The van der Waals surface area contributed by atoms with Crippen molar-refractivity contribution in [1.29, 1.82) is 0 Å². The zero-order chi connectivity index (χ0) is 24.3. The van der Waals surface area contributed by atoms with E-state index in [1.54, 1.807) is 20.3 Å². The molecule has 0 aromatic heterocycles. The Labute approximate surface area is 202 Å². The summed E-state index contributed by atoms with van der Waals surface area (Å²) in [5.41, 5.74) is 2.61. The summed E-state index contributed by atoms with van der Waals surface area (Å²) in [6.45, 7) is 2.15. The van der Waals surface area contributed by atoms with Gasteiger partial charge in [0.05, 0.1) is 6.54 Å². The van der Waals surface area contributed by atoms with E-state index in [1.165, 1.54) is 5.56 Å². The van der Waals surface area contributed by atoms with Gasteiger partial charge in [-0.3, -0.25) is 9.59 Å². The van der Waals surface area contributed by atoms with Crippen molar-refractivity contribution in [1.82, 2.24) is 5.32 Å². The number of unbranched alkanes of at least 4 members (excludes halogenated alkanes) is 2. The van der Waals surface area contributed by atoms with Gasteiger partial charge < -0.3 is 14.8 Å². The highest BCUT2D eigenvalue weighted by Crippen LogP contribution is 2.30. The lowest BCUT2D eigenvalue weighted by Crippen LogP contribution is -2.30. The zero-order valence-electron chi connectivity index (χ0n) is 20.4. The quantitative estimate of drug-likeness (QED) is 0.187. The summed E-state index contributed by atoms with van der Waals surface area (Å²) in [7, 11) is 3.17. The van der Waals surface area contributed by atoms with Crippen molar-refractivity contribution in [3.8, 4) is 0 Å². The number of carbonyl (C=O) groups excluding carboxylic acids is 2. The van der Waals surface area contributed by atoms with Gasteiger partial charge in [0.25, 0.3) is 0 Å². The van der Waals surface area contributed by atoms with Crippen LogP contribution < -0.4 is 5.32 Å². The number of amides is 1. The second-order valence-corrected chi connectivity index (χ2v) is 8.56. The standard InChI is InChI=1S/C29H35NO4/c1-4-5-7-14-22(21-12-8-6-9-13-21)19-28(32)30-20-27(31)25-17-18-26(29(33-2)34-3)24-16-11-10-15-23(24)25/h6,8-13,15-18,22,29H,4-5,7,14,19-20H2,1-3H3,(H,30,32). The highest BCUT2D eigenvalue weighted by atomic mass is 16.7. The molecule has 5 nitrogen and oxygen atoms in total. The largest absolute Gasteiger partial charge is 0.352 e. The smallest absolute Gasteiger partial charge is 0.220 e. The fourth-order valence-electron chi connectivity index (χ4n) is 4.44. The van der Waals surface area contributed by atoms with E-state index in [0.717, 1.165) is 42.0 Å². The lowest BCUT2D eigenvalue weighted by Gasteiger charge is -2.18. The van der Waals surface area contributed by atoms with Crippen LogP contribution >= 0.6 is 0 Å². The second kappa shape index (κ2) is 13.0. The van der Waals surface area contributed by atoms with Crippen molar-refractivity contribution >= 4 is 22.5 Å². The molecule has 5 heteroatoms. The van der Waals surface area contributed by atoms with E-state index in [4.69, 9.17) is 9.47 Å². The Morgan fingerprint density at radius 3 is 2.21 bits per heavy atom. The molecule has 1 unspecified atom stereocenters. The highest BCUT2D eigenvalue weighted by molar-refractivity contribution is 6.10. The van der Waals surface area contributed by atoms with Gasteiger partial charge in [-0.25, -0.2) is 0 Å². The molecule has 34 heavy (non-hydrogen) atoms. The first-order chi connectivity index (χ1) is 16.6. The van der Waals surface area contributed by atoms with Crippen LogP contribution in [0.5, 0.6) is 0 Å². The third-order valence-corrected chi connectivity index (χ3v) is 6.25. The van der Waals surface area contributed by atoms with E-state index in [-0.39, 0.29) is 24.2 Å². The summed E-state index contributed by atoms with van der Waals surface area (Å²) in [6.07, 6.45) is 4.21. The van der Waals surface area contributed by atoms with Crippen LogP contribution in [0.4, 0.5) is 0 Å². The number of Topliss-reactive ketones (excluding diaryl/α,β-unsaturated/α-hetero) is 1. The lowest BCUT2D eigenvalue weighted by atomic mass is 9.90. The van der Waals surface area contributed by atoms with Crippen LogP contribution in [0.3, 0.4) is 0 Å². The molecule has 0 saturated heterocycles. The van der Waals surface area contributed by atoms with Crippen molar-refractivity contribution in [2.75, 3.05) is 20.8 Å². The maximum atomic E-state index is 13.1. The Balaban J connectivity index is 1.70. The summed E-state index contributed by atoms with van der Waals surface area (Å²) in [5.74, 6) is -0.0637. The molecule has 0 saturated carbocycles. The Hall–Kier alpha value is -3.02. The number of benzene rings is 3. The number of nitrogens with one attached hydrogen (secondary N) is 1. The first-order valence-electron chi connectivity index (χ1n) is 12.0. The summed E-state index contributed by atoms with van der Waals surface area (Å²) in [5, 5.41) is 4.57. The molecule has 0 bridgehead atoms. The number of fused-ring (bicyclic) bond motifs is 1. The molecular weight excluding hydrogens is 426 g/mol. The van der Waals surface area contributed by atoms with Crippen LogP contribution in [0, 0.1) is 0 Å². The first kappa shape index (κ1) is 25.6. The minimum Gasteiger partial charge on any atom is -0.352 e. The van der Waals surface area contributed by atoms with Gasteiger partial charge in [-0.15, -0.1) is 0 Å². The minimum atomic E-state index is -0.517.